The summed E-state index contributed by atoms with van der Waals surface area (Å²) in [6.07, 6.45) is 5.92. The first kappa shape index (κ1) is 26.0. The second-order valence-corrected chi connectivity index (χ2v) is 14.8. The van der Waals surface area contributed by atoms with Crippen LogP contribution in [-0.4, -0.2) is 27.1 Å². The Balaban J connectivity index is 2.97. The third-order valence-electron chi connectivity index (χ3n) is 5.63. The number of esters is 1. The van der Waals surface area contributed by atoms with E-state index in [2.05, 4.69) is 72.0 Å². The zero-order valence-electron chi connectivity index (χ0n) is 19.8. The van der Waals surface area contributed by atoms with Gasteiger partial charge < -0.3 is 9.16 Å². The Morgan fingerprint density at radius 2 is 1.90 bits per heavy atom. The van der Waals surface area contributed by atoms with Crippen LogP contribution in [0.25, 0.3) is 0 Å². The molecule has 164 valence electrons. The number of hydrogen-bond donors (Lipinski definition) is 0. The average molecular weight is 437 g/mol. The summed E-state index contributed by atoms with van der Waals surface area (Å²) < 4.78 is 11.8. The fraction of sp³-hybridized carbons (Fsp3) is 0.625. The molecule has 0 unspecified atom stereocenters. The fourth-order valence-corrected chi connectivity index (χ4v) is 4.91. The van der Waals surface area contributed by atoms with Crippen LogP contribution in [0.4, 0.5) is 0 Å². The minimum atomic E-state index is -1.83. The summed E-state index contributed by atoms with van der Waals surface area (Å²) in [5.41, 5.74) is 2.52. The van der Waals surface area contributed by atoms with Crippen LogP contribution in [0.15, 0.2) is 35.2 Å². The van der Waals surface area contributed by atoms with E-state index in [1.54, 1.807) is 0 Å². The van der Waals surface area contributed by atoms with E-state index in [9.17, 15) is 4.79 Å². The molecule has 0 aliphatic carbocycles. The number of benzene rings is 1. The lowest BCUT2D eigenvalue weighted by molar-refractivity contribution is -0.137. The molecule has 0 radical (unpaired) electrons. The molecule has 0 amide bonds. The van der Waals surface area contributed by atoms with Gasteiger partial charge in [-0.1, -0.05) is 65.0 Å². The molecule has 1 rings (SSSR count). The number of hydrogen-bond acceptors (Lipinski definition) is 4. The van der Waals surface area contributed by atoms with Gasteiger partial charge >= 0.3 is 5.97 Å². The summed E-state index contributed by atoms with van der Waals surface area (Å²) in [6, 6.07) is 8.74. The van der Waals surface area contributed by atoms with Crippen LogP contribution in [0.5, 0.6) is 0 Å². The molecule has 5 heteroatoms. The van der Waals surface area contributed by atoms with Crippen molar-refractivity contribution >= 4 is 26.0 Å². The first-order valence-electron chi connectivity index (χ1n) is 10.6. The van der Waals surface area contributed by atoms with E-state index in [1.807, 2.05) is 19.3 Å². The third kappa shape index (κ3) is 7.95. The number of ether oxygens (including phenoxy) is 1. The number of rotatable bonds is 10. The van der Waals surface area contributed by atoms with Crippen LogP contribution in [0.3, 0.4) is 0 Å². The number of allylic oxidation sites excluding steroid dienone is 1. The number of carbonyl (C=O) groups is 1. The molecule has 0 heterocycles. The van der Waals surface area contributed by atoms with Gasteiger partial charge in [0.2, 0.25) is 0 Å². The van der Waals surface area contributed by atoms with E-state index in [0.717, 1.165) is 12.8 Å². The molecule has 0 N–H and O–H groups in total. The second-order valence-electron chi connectivity index (χ2n) is 9.16. The molecule has 0 spiro atoms. The highest BCUT2D eigenvalue weighted by Gasteiger charge is 2.39. The van der Waals surface area contributed by atoms with E-state index in [4.69, 9.17) is 9.16 Å². The van der Waals surface area contributed by atoms with E-state index in [1.165, 1.54) is 22.9 Å². The highest BCUT2D eigenvalue weighted by Crippen LogP contribution is 2.40. The van der Waals surface area contributed by atoms with Crippen molar-refractivity contribution in [2.45, 2.75) is 78.6 Å². The van der Waals surface area contributed by atoms with Crippen LogP contribution in [0.1, 0.15) is 65.2 Å². The quantitative estimate of drug-likeness (QED) is 0.222. The second kappa shape index (κ2) is 11.4. The van der Waals surface area contributed by atoms with Gasteiger partial charge in [-0.05, 0) is 61.2 Å². The van der Waals surface area contributed by atoms with Crippen LogP contribution >= 0.6 is 11.8 Å². The zero-order valence-corrected chi connectivity index (χ0v) is 21.6. The summed E-state index contributed by atoms with van der Waals surface area (Å²) in [5, 5.41) is 0.193. The first-order chi connectivity index (χ1) is 13.4. The largest absolute Gasteiger partial charge is 0.462 e. The van der Waals surface area contributed by atoms with Crippen molar-refractivity contribution < 1.29 is 14.0 Å². The van der Waals surface area contributed by atoms with Crippen molar-refractivity contribution in [3.05, 3.63) is 46.4 Å². The zero-order chi connectivity index (χ0) is 22.2. The van der Waals surface area contributed by atoms with Gasteiger partial charge in [0.15, 0.2) is 8.32 Å². The number of carbonyl (C=O) groups excluding carboxylic acids is 1. The van der Waals surface area contributed by atoms with Crippen molar-refractivity contribution in [2.75, 3.05) is 12.9 Å². The lowest BCUT2D eigenvalue weighted by Crippen LogP contribution is -2.41. The molecular weight excluding hydrogens is 396 g/mol. The van der Waals surface area contributed by atoms with Crippen LogP contribution < -0.4 is 0 Å². The highest BCUT2D eigenvalue weighted by atomic mass is 32.2. The Labute approximate surface area is 183 Å². The van der Waals surface area contributed by atoms with Crippen molar-refractivity contribution in [1.82, 2.24) is 0 Å². The van der Waals surface area contributed by atoms with E-state index in [0.29, 0.717) is 11.5 Å². The Hall–Kier alpha value is -1.04. The Morgan fingerprint density at radius 1 is 1.24 bits per heavy atom. The molecule has 1 aromatic rings. The van der Waals surface area contributed by atoms with Gasteiger partial charge in [-0.3, -0.25) is 0 Å². The summed E-state index contributed by atoms with van der Waals surface area (Å²) in [4.78, 5) is 12.7. The topological polar surface area (TPSA) is 35.5 Å². The maximum absolute atomic E-state index is 12.0. The molecule has 29 heavy (non-hydrogen) atoms. The van der Waals surface area contributed by atoms with Gasteiger partial charge in [-0.2, -0.15) is 0 Å². The minimum absolute atomic E-state index is 0.128. The molecule has 1 aromatic carbocycles. The summed E-state index contributed by atoms with van der Waals surface area (Å²) >= 11 is 1.45. The first-order valence-corrected chi connectivity index (χ1v) is 14.8. The van der Waals surface area contributed by atoms with Crippen molar-refractivity contribution in [3.63, 3.8) is 0 Å². The van der Waals surface area contributed by atoms with Gasteiger partial charge in [-0.25, -0.2) is 4.79 Å². The Bertz CT molecular complexity index is 692. The molecule has 0 bridgehead atoms. The normalized spacial score (nSPS) is 15.1. The predicted molar refractivity (Wildman–Crippen MR) is 129 cm³/mol. The SMILES string of the molecule is CCOC(=O)/C(=C/[C@@H](C)Cc1cccc([C@H](CC)O[Si](C)(C)C(C)(C)C)c1)SC. The average Bonchev–Trinajstić information content (AvgIpc) is 2.63. The molecule has 0 saturated carbocycles. The minimum Gasteiger partial charge on any atom is -0.462 e. The van der Waals surface area contributed by atoms with E-state index in [-0.39, 0.29) is 23.0 Å². The van der Waals surface area contributed by atoms with Gasteiger partial charge in [0, 0.05) is 0 Å². The third-order valence-corrected chi connectivity index (χ3v) is 10.9. The lowest BCUT2D eigenvalue weighted by Gasteiger charge is -2.39. The summed E-state index contributed by atoms with van der Waals surface area (Å²) in [6.45, 7) is 18.0. The van der Waals surface area contributed by atoms with E-state index >= 15 is 0 Å². The molecule has 0 aromatic heterocycles. The lowest BCUT2D eigenvalue weighted by atomic mass is 9.97. The Morgan fingerprint density at radius 3 is 2.41 bits per heavy atom. The summed E-state index contributed by atoms with van der Waals surface area (Å²) in [5.74, 6) is 0.0212. The van der Waals surface area contributed by atoms with E-state index < -0.39 is 8.32 Å². The van der Waals surface area contributed by atoms with Crippen molar-refractivity contribution in [1.29, 1.82) is 0 Å². The van der Waals surface area contributed by atoms with Gasteiger partial charge in [-0.15, -0.1) is 11.8 Å². The van der Waals surface area contributed by atoms with Gasteiger partial charge in [0.25, 0.3) is 0 Å². The summed E-state index contributed by atoms with van der Waals surface area (Å²) in [7, 11) is -1.83. The highest BCUT2D eigenvalue weighted by molar-refractivity contribution is 8.03. The fourth-order valence-electron chi connectivity index (χ4n) is 2.95. The molecule has 2 atom stereocenters. The smallest absolute Gasteiger partial charge is 0.344 e. The molecule has 0 aliphatic rings. The van der Waals surface area contributed by atoms with Crippen molar-refractivity contribution in [2.24, 2.45) is 5.92 Å². The molecular formula is C24H40O3SSi. The standard InChI is InChI=1S/C24H40O3SSi/c1-10-21(27-29(8,9)24(4,5)6)20-14-12-13-19(17-20)15-18(3)16-22(28-7)23(25)26-11-2/h12-14,16-18,21H,10-11,15H2,1-9H3/b22-16-/t18-,21-/m0/s1. The molecule has 3 nitrogen and oxygen atoms in total. The molecule has 0 saturated heterocycles. The monoisotopic (exact) mass is 436 g/mol. The van der Waals surface area contributed by atoms with Crippen LogP contribution in [0.2, 0.25) is 18.1 Å². The Kier molecular flexibility index (Phi) is 10.2. The molecule has 0 aliphatic heterocycles. The van der Waals surface area contributed by atoms with Crippen molar-refractivity contribution in [3.8, 4) is 0 Å². The number of thioether (sulfide) groups is 1. The molecule has 0 fully saturated rings. The van der Waals surface area contributed by atoms with Gasteiger partial charge in [0.1, 0.15) is 0 Å². The predicted octanol–water partition coefficient (Wildman–Crippen LogP) is 7.15. The van der Waals surface area contributed by atoms with Crippen LogP contribution in [0, 0.1) is 5.92 Å². The maximum Gasteiger partial charge on any atom is 0.344 e. The van der Waals surface area contributed by atoms with Crippen LogP contribution in [-0.2, 0) is 20.4 Å². The van der Waals surface area contributed by atoms with Gasteiger partial charge in [0.05, 0.1) is 17.6 Å². The maximum atomic E-state index is 12.0.